The van der Waals surface area contributed by atoms with Crippen molar-refractivity contribution in [1.29, 1.82) is 0 Å². The number of nitrogens with one attached hydrogen (secondary N) is 1. The zero-order valence-electron chi connectivity index (χ0n) is 15.7. The molecule has 0 amide bonds. The van der Waals surface area contributed by atoms with Crippen LogP contribution in [0.5, 0.6) is 0 Å². The summed E-state index contributed by atoms with van der Waals surface area (Å²) in [5, 5.41) is 3.13. The maximum Gasteiger partial charge on any atom is 0.128 e. The zero-order valence-corrected chi connectivity index (χ0v) is 16.6. The van der Waals surface area contributed by atoms with E-state index >= 15 is 0 Å². The van der Waals surface area contributed by atoms with Crippen LogP contribution in [0.4, 0.5) is 5.82 Å². The highest BCUT2D eigenvalue weighted by Gasteiger charge is 2.04. The van der Waals surface area contributed by atoms with Crippen LogP contribution in [-0.4, -0.2) is 12.0 Å². The Morgan fingerprint density at radius 3 is 2.22 bits per heavy atom. The molecule has 0 aliphatic carbocycles. The topological polar surface area (TPSA) is 24.9 Å². The quantitative estimate of drug-likeness (QED) is 0.679. The number of nitrogens with zero attached hydrogens (tertiary/aromatic N) is 1. The van der Waals surface area contributed by atoms with Crippen molar-refractivity contribution in [2.75, 3.05) is 12.4 Å². The lowest BCUT2D eigenvalue weighted by atomic mass is 10.0. The summed E-state index contributed by atoms with van der Waals surface area (Å²) in [5.41, 5.74) is 5.04. The van der Waals surface area contributed by atoms with Gasteiger partial charge in [-0.05, 0) is 48.1 Å². The van der Waals surface area contributed by atoms with Crippen LogP contribution in [0.15, 0.2) is 35.4 Å². The van der Waals surface area contributed by atoms with Gasteiger partial charge in [-0.3, -0.25) is 0 Å². The summed E-state index contributed by atoms with van der Waals surface area (Å²) in [6, 6.07) is 8.62. The number of rotatable bonds is 4. The van der Waals surface area contributed by atoms with E-state index in [1.165, 1.54) is 22.3 Å². The van der Waals surface area contributed by atoms with Gasteiger partial charge in [0.2, 0.25) is 0 Å². The normalized spacial score (nSPS) is 9.22. The summed E-state index contributed by atoms with van der Waals surface area (Å²) in [6.07, 6.45) is 3.86. The maximum atomic E-state index is 4.48. The van der Waals surface area contributed by atoms with E-state index in [0.717, 1.165) is 23.6 Å². The molecular formula is C20H32N2S. The van der Waals surface area contributed by atoms with E-state index in [-0.39, 0.29) is 0 Å². The second-order valence-electron chi connectivity index (χ2n) is 4.75. The third-order valence-electron chi connectivity index (χ3n) is 3.31. The minimum Gasteiger partial charge on any atom is -0.373 e. The molecule has 3 heteroatoms. The molecule has 0 saturated heterocycles. The van der Waals surface area contributed by atoms with Crippen molar-refractivity contribution >= 4 is 18.4 Å². The molecule has 0 aliphatic rings. The van der Waals surface area contributed by atoms with Gasteiger partial charge in [-0.2, -0.15) is 0 Å². The average Bonchev–Trinajstić information content (AvgIpc) is 2.61. The van der Waals surface area contributed by atoms with E-state index < -0.39 is 0 Å². The number of pyridine rings is 1. The predicted molar refractivity (Wildman–Crippen MR) is 107 cm³/mol. The summed E-state index contributed by atoms with van der Waals surface area (Å²) in [6.45, 7) is 12.2. The highest BCUT2D eigenvalue weighted by molar-refractivity contribution is 7.80. The monoisotopic (exact) mass is 332 g/mol. The molecule has 1 N–H and O–H groups in total. The smallest absolute Gasteiger partial charge is 0.128 e. The Morgan fingerprint density at radius 1 is 1.04 bits per heavy atom. The van der Waals surface area contributed by atoms with Crippen molar-refractivity contribution in [2.45, 2.75) is 59.3 Å². The molecule has 0 fully saturated rings. The lowest BCUT2D eigenvalue weighted by molar-refractivity contribution is 1.06. The fourth-order valence-electron chi connectivity index (χ4n) is 2.21. The highest BCUT2D eigenvalue weighted by atomic mass is 32.1. The van der Waals surface area contributed by atoms with Gasteiger partial charge in [-0.25, -0.2) is 4.98 Å². The van der Waals surface area contributed by atoms with Crippen LogP contribution in [0.1, 0.15) is 56.9 Å². The third kappa shape index (κ3) is 6.66. The maximum absolute atomic E-state index is 4.48. The molecule has 0 unspecified atom stereocenters. The van der Waals surface area contributed by atoms with Crippen molar-refractivity contribution in [3.05, 3.63) is 52.7 Å². The molecule has 0 radical (unpaired) electrons. The molecule has 128 valence electrons. The lowest BCUT2D eigenvalue weighted by Crippen LogP contribution is -2.00. The molecule has 0 atom stereocenters. The van der Waals surface area contributed by atoms with E-state index in [4.69, 9.17) is 0 Å². The van der Waals surface area contributed by atoms with E-state index in [9.17, 15) is 0 Å². The van der Waals surface area contributed by atoms with Crippen molar-refractivity contribution in [3.63, 3.8) is 0 Å². The first kappa shape index (κ1) is 21.5. The van der Waals surface area contributed by atoms with E-state index in [1.807, 2.05) is 40.9 Å². The largest absolute Gasteiger partial charge is 0.373 e. The van der Waals surface area contributed by atoms with Gasteiger partial charge in [0.1, 0.15) is 5.82 Å². The first-order chi connectivity index (χ1) is 11.1. The summed E-state index contributed by atoms with van der Waals surface area (Å²) in [5.74, 6) is 0.980. The van der Waals surface area contributed by atoms with Gasteiger partial charge in [0.05, 0.1) is 0 Å². The Kier molecular flexibility index (Phi) is 11.2. The Morgan fingerprint density at radius 2 is 1.70 bits per heavy atom. The van der Waals surface area contributed by atoms with E-state index in [2.05, 4.69) is 61.0 Å². The molecule has 1 aromatic carbocycles. The van der Waals surface area contributed by atoms with Crippen LogP contribution in [0.25, 0.3) is 0 Å². The van der Waals surface area contributed by atoms with E-state index in [1.54, 1.807) is 0 Å². The SMILES string of the molecule is CC.CC.CCc1cc(Cc2ccc(S)c(C)c2)cnc1NC. The zero-order chi connectivity index (χ0) is 17.8. The standard InChI is InChI=1S/C16H20N2S.2C2H6/c1-4-14-9-13(10-18-16(14)17-3)8-12-5-6-15(19)11(2)7-12;2*1-2/h5-7,9-10,19H,4,8H2,1-3H3,(H,17,18);2*1-2H3. The second-order valence-corrected chi connectivity index (χ2v) is 5.23. The molecule has 1 heterocycles. The van der Waals surface area contributed by atoms with Crippen LogP contribution in [0.3, 0.4) is 0 Å². The molecule has 0 spiro atoms. The molecule has 2 nitrogen and oxygen atoms in total. The van der Waals surface area contributed by atoms with Crippen molar-refractivity contribution in [1.82, 2.24) is 4.98 Å². The Balaban J connectivity index is 0.00000112. The number of aryl methyl sites for hydroxylation is 2. The fourth-order valence-corrected chi connectivity index (χ4v) is 2.35. The molecule has 0 bridgehead atoms. The second kappa shape index (κ2) is 12.0. The van der Waals surface area contributed by atoms with Gasteiger partial charge in [0.25, 0.3) is 0 Å². The van der Waals surface area contributed by atoms with Gasteiger partial charge in [-0.1, -0.05) is 52.8 Å². The van der Waals surface area contributed by atoms with Crippen molar-refractivity contribution in [2.24, 2.45) is 0 Å². The average molecular weight is 333 g/mol. The molecule has 2 aromatic rings. The van der Waals surface area contributed by atoms with Gasteiger partial charge < -0.3 is 5.32 Å². The minimum atomic E-state index is 0.916. The highest BCUT2D eigenvalue weighted by Crippen LogP contribution is 2.19. The van der Waals surface area contributed by atoms with Crippen LogP contribution in [-0.2, 0) is 12.8 Å². The number of anilines is 1. The number of hydrogen-bond donors (Lipinski definition) is 2. The molecule has 0 saturated carbocycles. The number of thiol groups is 1. The minimum absolute atomic E-state index is 0.916. The molecule has 23 heavy (non-hydrogen) atoms. The van der Waals surface area contributed by atoms with Crippen LogP contribution in [0.2, 0.25) is 0 Å². The molecule has 1 aromatic heterocycles. The Bertz CT molecular complexity index is 580. The molecular weight excluding hydrogens is 300 g/mol. The Labute approximate surface area is 148 Å². The van der Waals surface area contributed by atoms with Gasteiger partial charge >= 0.3 is 0 Å². The molecule has 0 aliphatic heterocycles. The van der Waals surface area contributed by atoms with Gasteiger partial charge in [0, 0.05) is 18.1 Å². The molecule has 2 rings (SSSR count). The van der Waals surface area contributed by atoms with Crippen molar-refractivity contribution < 1.29 is 0 Å². The summed E-state index contributed by atoms with van der Waals surface area (Å²) in [7, 11) is 1.91. The first-order valence-electron chi connectivity index (χ1n) is 8.58. The number of aromatic nitrogens is 1. The lowest BCUT2D eigenvalue weighted by Gasteiger charge is -2.10. The van der Waals surface area contributed by atoms with E-state index in [0.29, 0.717) is 0 Å². The summed E-state index contributed by atoms with van der Waals surface area (Å²) >= 11 is 4.41. The van der Waals surface area contributed by atoms with Crippen LogP contribution in [0, 0.1) is 6.92 Å². The van der Waals surface area contributed by atoms with Gasteiger partial charge in [-0.15, -0.1) is 12.6 Å². The van der Waals surface area contributed by atoms with Crippen LogP contribution < -0.4 is 5.32 Å². The van der Waals surface area contributed by atoms with Gasteiger partial charge in [0.15, 0.2) is 0 Å². The van der Waals surface area contributed by atoms with Crippen LogP contribution >= 0.6 is 12.6 Å². The number of hydrogen-bond acceptors (Lipinski definition) is 3. The van der Waals surface area contributed by atoms with Crippen molar-refractivity contribution in [3.8, 4) is 0 Å². The summed E-state index contributed by atoms with van der Waals surface area (Å²) in [4.78, 5) is 5.52. The third-order valence-corrected chi connectivity index (χ3v) is 3.81. The first-order valence-corrected chi connectivity index (χ1v) is 9.02. The summed E-state index contributed by atoms with van der Waals surface area (Å²) < 4.78 is 0. The fraction of sp³-hybridized carbons (Fsp3) is 0.450. The Hall–Kier alpha value is -1.48. The predicted octanol–water partition coefficient (Wildman–Crippen LogP) is 5.93. The number of benzene rings is 1.